The molecule has 0 atom stereocenters. The molecule has 0 aliphatic rings. The summed E-state index contributed by atoms with van der Waals surface area (Å²) in [6.07, 6.45) is 0. The molecule has 1 heterocycles. The number of aromatic amines is 1. The minimum Gasteiger partial charge on any atom is -0.489 e. The van der Waals surface area contributed by atoms with E-state index in [2.05, 4.69) is 15.5 Å². The van der Waals surface area contributed by atoms with Gasteiger partial charge in [-0.05, 0) is 30.3 Å². The van der Waals surface area contributed by atoms with Crippen LogP contribution in [0, 0.1) is 17.5 Å². The van der Waals surface area contributed by atoms with E-state index in [1.807, 2.05) is 0 Å². The minimum atomic E-state index is -1.29. The summed E-state index contributed by atoms with van der Waals surface area (Å²) < 4.78 is 50.7. The van der Waals surface area contributed by atoms with Crippen molar-refractivity contribution in [1.29, 1.82) is 0 Å². The van der Waals surface area contributed by atoms with Gasteiger partial charge in [-0.15, -0.1) is 0 Å². The van der Waals surface area contributed by atoms with Crippen LogP contribution in [0.1, 0.15) is 5.56 Å². The third-order valence-electron chi connectivity index (χ3n) is 3.59. The van der Waals surface area contributed by atoms with E-state index in [9.17, 15) is 18.0 Å². The van der Waals surface area contributed by atoms with Gasteiger partial charge in [-0.1, -0.05) is 0 Å². The smallest absolute Gasteiger partial charge is 0.251 e. The Labute approximate surface area is 145 Å². The number of hydrogen-bond donors (Lipinski definition) is 2. The number of carbonyl (C=O) groups excluding carboxylic acids is 1. The van der Waals surface area contributed by atoms with Crippen LogP contribution in [0.15, 0.2) is 30.3 Å². The number of halogens is 3. The Morgan fingerprint density at radius 2 is 1.96 bits per heavy atom. The van der Waals surface area contributed by atoms with E-state index in [4.69, 9.17) is 9.47 Å². The first kappa shape index (κ1) is 17.7. The molecule has 0 bridgehead atoms. The van der Waals surface area contributed by atoms with Crippen LogP contribution in [0.4, 0.5) is 19.0 Å². The third-order valence-corrected chi connectivity index (χ3v) is 3.59. The number of amides is 1. The summed E-state index contributed by atoms with van der Waals surface area (Å²) in [6, 6.07) is 6.26. The van der Waals surface area contributed by atoms with Crippen molar-refractivity contribution in [3.63, 3.8) is 0 Å². The molecule has 9 heteroatoms. The molecule has 2 N–H and O–H groups in total. The topological polar surface area (TPSA) is 76.2 Å². The first-order valence-corrected chi connectivity index (χ1v) is 7.51. The maximum atomic E-state index is 13.7. The molecule has 0 spiro atoms. The number of hydrogen-bond acceptors (Lipinski definition) is 4. The van der Waals surface area contributed by atoms with Crippen molar-refractivity contribution in [2.45, 2.75) is 6.61 Å². The fourth-order valence-electron chi connectivity index (χ4n) is 2.33. The van der Waals surface area contributed by atoms with Crippen molar-refractivity contribution in [3.05, 3.63) is 53.3 Å². The average Bonchev–Trinajstić information content (AvgIpc) is 3.01. The first-order valence-electron chi connectivity index (χ1n) is 7.51. The SMILES string of the molecule is COCC(=O)Nc1n[nH]c2ccc(OCc3c(F)ccc(F)c3F)cc12. The summed E-state index contributed by atoms with van der Waals surface area (Å²) in [4.78, 5) is 11.6. The molecule has 0 aliphatic carbocycles. The number of H-pyrrole nitrogens is 1. The fourth-order valence-corrected chi connectivity index (χ4v) is 2.33. The van der Waals surface area contributed by atoms with Crippen LogP contribution < -0.4 is 10.1 Å². The van der Waals surface area contributed by atoms with Crippen molar-refractivity contribution in [1.82, 2.24) is 10.2 Å². The van der Waals surface area contributed by atoms with E-state index >= 15 is 0 Å². The largest absolute Gasteiger partial charge is 0.489 e. The van der Waals surface area contributed by atoms with E-state index in [1.165, 1.54) is 13.2 Å². The van der Waals surface area contributed by atoms with Crippen molar-refractivity contribution >= 4 is 22.6 Å². The summed E-state index contributed by atoms with van der Waals surface area (Å²) in [5.41, 5.74) is 0.110. The highest BCUT2D eigenvalue weighted by atomic mass is 19.2. The molecule has 0 saturated carbocycles. The maximum absolute atomic E-state index is 13.7. The number of methoxy groups -OCH3 is 1. The average molecular weight is 365 g/mol. The van der Waals surface area contributed by atoms with Gasteiger partial charge >= 0.3 is 0 Å². The van der Waals surface area contributed by atoms with Gasteiger partial charge in [-0.3, -0.25) is 9.89 Å². The van der Waals surface area contributed by atoms with E-state index < -0.39 is 35.5 Å². The predicted octanol–water partition coefficient (Wildman–Crippen LogP) is 3.14. The number of benzene rings is 2. The second kappa shape index (κ2) is 7.44. The zero-order valence-electron chi connectivity index (χ0n) is 13.6. The van der Waals surface area contributed by atoms with Gasteiger partial charge in [-0.25, -0.2) is 13.2 Å². The Bertz CT molecular complexity index is 959. The van der Waals surface area contributed by atoms with Crippen LogP contribution in [0.2, 0.25) is 0 Å². The van der Waals surface area contributed by atoms with Gasteiger partial charge in [-0.2, -0.15) is 5.10 Å². The maximum Gasteiger partial charge on any atom is 0.251 e. The van der Waals surface area contributed by atoms with E-state index in [-0.39, 0.29) is 18.2 Å². The predicted molar refractivity (Wildman–Crippen MR) is 87.2 cm³/mol. The number of fused-ring (bicyclic) bond motifs is 1. The molecule has 0 fully saturated rings. The van der Waals surface area contributed by atoms with Crippen molar-refractivity contribution in [2.24, 2.45) is 0 Å². The lowest BCUT2D eigenvalue weighted by Crippen LogP contribution is -2.17. The van der Waals surface area contributed by atoms with Crippen LogP contribution in [0.5, 0.6) is 5.75 Å². The normalized spacial score (nSPS) is 10.9. The summed E-state index contributed by atoms with van der Waals surface area (Å²) in [6.45, 7) is -0.632. The molecule has 3 aromatic rings. The molecule has 1 aromatic heterocycles. The van der Waals surface area contributed by atoms with Gasteiger partial charge < -0.3 is 14.8 Å². The zero-order valence-corrected chi connectivity index (χ0v) is 13.6. The van der Waals surface area contributed by atoms with Gasteiger partial charge in [0.15, 0.2) is 17.5 Å². The van der Waals surface area contributed by atoms with Crippen LogP contribution in [-0.2, 0) is 16.1 Å². The van der Waals surface area contributed by atoms with Crippen LogP contribution in [0.3, 0.4) is 0 Å². The molecule has 136 valence electrons. The lowest BCUT2D eigenvalue weighted by molar-refractivity contribution is -0.119. The molecule has 2 aromatic carbocycles. The van der Waals surface area contributed by atoms with E-state index in [0.717, 1.165) is 6.07 Å². The Balaban J connectivity index is 1.81. The van der Waals surface area contributed by atoms with E-state index in [0.29, 0.717) is 17.0 Å². The lowest BCUT2D eigenvalue weighted by Gasteiger charge is -2.09. The number of nitrogens with zero attached hydrogens (tertiary/aromatic N) is 1. The highest BCUT2D eigenvalue weighted by Gasteiger charge is 2.15. The number of carbonyl (C=O) groups is 1. The zero-order chi connectivity index (χ0) is 18.7. The third kappa shape index (κ3) is 3.62. The number of nitrogens with one attached hydrogen (secondary N) is 2. The molecule has 0 aliphatic heterocycles. The Morgan fingerprint density at radius 1 is 1.19 bits per heavy atom. The Kier molecular flexibility index (Phi) is 5.08. The Hall–Kier alpha value is -3.07. The molecular formula is C17H14F3N3O3. The van der Waals surface area contributed by atoms with Gasteiger partial charge in [0.1, 0.15) is 24.8 Å². The molecule has 1 amide bonds. The van der Waals surface area contributed by atoms with Gasteiger partial charge in [0.05, 0.1) is 11.1 Å². The highest BCUT2D eigenvalue weighted by Crippen LogP contribution is 2.26. The molecule has 26 heavy (non-hydrogen) atoms. The quantitative estimate of drug-likeness (QED) is 0.658. The number of rotatable bonds is 6. The minimum absolute atomic E-state index is 0.136. The van der Waals surface area contributed by atoms with Crippen LogP contribution in [0.25, 0.3) is 10.9 Å². The first-order chi connectivity index (χ1) is 12.5. The Morgan fingerprint density at radius 3 is 2.73 bits per heavy atom. The fraction of sp³-hybridized carbons (Fsp3) is 0.176. The van der Waals surface area contributed by atoms with Crippen molar-refractivity contribution in [2.75, 3.05) is 19.0 Å². The van der Waals surface area contributed by atoms with Crippen molar-refractivity contribution < 1.29 is 27.4 Å². The lowest BCUT2D eigenvalue weighted by atomic mass is 10.2. The van der Waals surface area contributed by atoms with Gasteiger partial charge in [0, 0.05) is 12.5 Å². The molecule has 0 saturated heterocycles. The standard InChI is InChI=1S/C17H14F3N3O3/c1-25-8-15(24)21-17-10-6-9(2-5-14(10)22-23-17)26-7-11-12(18)3-4-13(19)16(11)20/h2-6H,7-8H2,1H3,(H2,21,22,23,24). The summed E-state index contributed by atoms with van der Waals surface area (Å²) in [7, 11) is 1.39. The monoisotopic (exact) mass is 365 g/mol. The van der Waals surface area contributed by atoms with E-state index in [1.54, 1.807) is 12.1 Å². The molecule has 0 radical (unpaired) electrons. The summed E-state index contributed by atoms with van der Waals surface area (Å²) in [5.74, 6) is -3.21. The highest BCUT2D eigenvalue weighted by molar-refractivity contribution is 6.00. The molecule has 6 nitrogen and oxygen atoms in total. The summed E-state index contributed by atoms with van der Waals surface area (Å²) >= 11 is 0. The molecule has 3 rings (SSSR count). The second-order valence-electron chi connectivity index (χ2n) is 5.37. The van der Waals surface area contributed by atoms with Crippen LogP contribution >= 0.6 is 0 Å². The number of aromatic nitrogens is 2. The summed E-state index contributed by atoms with van der Waals surface area (Å²) in [5, 5.41) is 9.81. The van der Waals surface area contributed by atoms with Crippen molar-refractivity contribution in [3.8, 4) is 5.75 Å². The molecular weight excluding hydrogens is 351 g/mol. The number of anilines is 1. The second-order valence-corrected chi connectivity index (χ2v) is 5.37. The van der Waals surface area contributed by atoms with Crippen LogP contribution in [-0.4, -0.2) is 29.8 Å². The van der Waals surface area contributed by atoms with Gasteiger partial charge in [0.2, 0.25) is 0 Å². The van der Waals surface area contributed by atoms with Gasteiger partial charge in [0.25, 0.3) is 5.91 Å². The molecule has 0 unspecified atom stereocenters. The number of ether oxygens (including phenoxy) is 2.